The van der Waals surface area contributed by atoms with Gasteiger partial charge in [-0.25, -0.2) is 4.79 Å². The van der Waals surface area contributed by atoms with E-state index in [-0.39, 0.29) is 5.70 Å². The number of hydrogen-bond acceptors (Lipinski definition) is 4. The minimum Gasteiger partial charge on any atom is -0.502 e. The fourth-order valence-electron chi connectivity index (χ4n) is 1.13. The molecule has 1 aromatic rings. The van der Waals surface area contributed by atoms with Crippen molar-refractivity contribution in [2.75, 3.05) is 14.2 Å². The summed E-state index contributed by atoms with van der Waals surface area (Å²) >= 11 is 0. The van der Waals surface area contributed by atoms with Gasteiger partial charge in [0.1, 0.15) is 6.26 Å². The van der Waals surface area contributed by atoms with E-state index in [0.717, 1.165) is 0 Å². The number of aldehydes is 1. The fourth-order valence-corrected chi connectivity index (χ4v) is 1.13. The molecule has 5 heteroatoms. The third-order valence-corrected chi connectivity index (χ3v) is 1.78. The Morgan fingerprint density at radius 3 is 2.73 bits per heavy atom. The fraction of sp³-hybridized carbons (Fsp3) is 0.200. The maximum atomic E-state index is 11.4. The molecule has 5 nitrogen and oxygen atoms in total. The first kappa shape index (κ1) is 11.0. The molecule has 1 rings (SSSR count). The lowest BCUT2D eigenvalue weighted by Gasteiger charge is -2.07. The second kappa shape index (κ2) is 4.99. The summed E-state index contributed by atoms with van der Waals surface area (Å²) in [5, 5.41) is 0. The third kappa shape index (κ3) is 2.25. The number of carbonyl (C=O) groups is 2. The maximum Gasteiger partial charge on any atom is 0.358 e. The van der Waals surface area contributed by atoms with Crippen LogP contribution >= 0.6 is 0 Å². The number of rotatable bonds is 4. The lowest BCUT2D eigenvalue weighted by molar-refractivity contribution is -0.134. The smallest absolute Gasteiger partial charge is 0.358 e. The van der Waals surface area contributed by atoms with E-state index in [1.165, 1.54) is 25.0 Å². The quantitative estimate of drug-likeness (QED) is 0.320. The van der Waals surface area contributed by atoms with Crippen molar-refractivity contribution in [3.05, 3.63) is 30.3 Å². The Morgan fingerprint density at radius 1 is 1.47 bits per heavy atom. The SMILES string of the molecule is CO/C=C(/C(=O)OC)n1cccc1C=O. The highest BCUT2D eigenvalue weighted by atomic mass is 16.5. The Kier molecular flexibility index (Phi) is 3.68. The van der Waals surface area contributed by atoms with Gasteiger partial charge in [0.15, 0.2) is 12.0 Å². The lowest BCUT2D eigenvalue weighted by Crippen LogP contribution is -2.12. The molecule has 0 unspecified atom stereocenters. The van der Waals surface area contributed by atoms with Gasteiger partial charge in [0.25, 0.3) is 0 Å². The van der Waals surface area contributed by atoms with Crippen molar-refractivity contribution in [3.8, 4) is 0 Å². The van der Waals surface area contributed by atoms with Gasteiger partial charge in [0, 0.05) is 6.20 Å². The van der Waals surface area contributed by atoms with Gasteiger partial charge >= 0.3 is 5.97 Å². The molecular formula is C10H11NO4. The van der Waals surface area contributed by atoms with Crippen LogP contribution in [-0.2, 0) is 14.3 Å². The van der Waals surface area contributed by atoms with E-state index in [1.54, 1.807) is 18.3 Å². The summed E-state index contributed by atoms with van der Waals surface area (Å²) in [4.78, 5) is 22.0. The van der Waals surface area contributed by atoms with Gasteiger partial charge in [-0.05, 0) is 12.1 Å². The van der Waals surface area contributed by atoms with Crippen LogP contribution in [0.25, 0.3) is 5.70 Å². The van der Waals surface area contributed by atoms with Crippen molar-refractivity contribution in [3.63, 3.8) is 0 Å². The summed E-state index contributed by atoms with van der Waals surface area (Å²) in [6.45, 7) is 0. The number of aromatic nitrogens is 1. The summed E-state index contributed by atoms with van der Waals surface area (Å²) in [7, 11) is 2.67. The molecule has 0 N–H and O–H groups in total. The third-order valence-electron chi connectivity index (χ3n) is 1.78. The number of nitrogens with zero attached hydrogens (tertiary/aromatic N) is 1. The van der Waals surface area contributed by atoms with E-state index >= 15 is 0 Å². The average Bonchev–Trinajstić information content (AvgIpc) is 2.72. The Morgan fingerprint density at radius 2 is 2.20 bits per heavy atom. The van der Waals surface area contributed by atoms with Crippen LogP contribution < -0.4 is 0 Å². The van der Waals surface area contributed by atoms with Crippen LogP contribution in [0, 0.1) is 0 Å². The normalized spacial score (nSPS) is 10.9. The second-order valence-corrected chi connectivity index (χ2v) is 2.65. The van der Waals surface area contributed by atoms with Crippen molar-refractivity contribution in [2.24, 2.45) is 0 Å². The van der Waals surface area contributed by atoms with E-state index in [9.17, 15) is 9.59 Å². The van der Waals surface area contributed by atoms with Gasteiger partial charge in [-0.2, -0.15) is 0 Å². The minimum absolute atomic E-state index is 0.145. The summed E-state index contributed by atoms with van der Waals surface area (Å²) in [5.74, 6) is -0.573. The Balaban J connectivity index is 3.15. The Bertz CT molecular complexity index is 392. The van der Waals surface area contributed by atoms with E-state index in [1.807, 2.05) is 0 Å². The highest BCUT2D eigenvalue weighted by Gasteiger charge is 2.14. The molecule has 0 aromatic carbocycles. The number of hydrogen-bond donors (Lipinski definition) is 0. The molecule has 0 amide bonds. The second-order valence-electron chi connectivity index (χ2n) is 2.65. The molecule has 0 bridgehead atoms. The topological polar surface area (TPSA) is 57.5 Å². The molecule has 1 heterocycles. The molecule has 0 saturated carbocycles. The van der Waals surface area contributed by atoms with Crippen molar-refractivity contribution < 1.29 is 19.1 Å². The summed E-state index contributed by atoms with van der Waals surface area (Å²) in [6, 6.07) is 3.23. The van der Waals surface area contributed by atoms with Crippen LogP contribution in [0.5, 0.6) is 0 Å². The number of methoxy groups -OCH3 is 2. The first-order chi connectivity index (χ1) is 7.24. The molecule has 0 fully saturated rings. The molecule has 0 spiro atoms. The number of esters is 1. The summed E-state index contributed by atoms with van der Waals surface area (Å²) in [6.07, 6.45) is 3.44. The lowest BCUT2D eigenvalue weighted by atomic mass is 10.4. The number of carbonyl (C=O) groups excluding carboxylic acids is 2. The first-order valence-corrected chi connectivity index (χ1v) is 4.18. The van der Waals surface area contributed by atoms with E-state index in [2.05, 4.69) is 4.74 Å². The van der Waals surface area contributed by atoms with Gasteiger partial charge in [0.2, 0.25) is 0 Å². The molecule has 0 aliphatic heterocycles. The highest BCUT2D eigenvalue weighted by molar-refractivity contribution is 6.10. The largest absolute Gasteiger partial charge is 0.502 e. The molecule has 0 radical (unpaired) electrons. The maximum absolute atomic E-state index is 11.4. The van der Waals surface area contributed by atoms with Gasteiger partial charge in [-0.1, -0.05) is 0 Å². The van der Waals surface area contributed by atoms with Crippen molar-refractivity contribution in [1.29, 1.82) is 0 Å². The van der Waals surface area contributed by atoms with Crippen LogP contribution in [0.3, 0.4) is 0 Å². The number of ether oxygens (including phenoxy) is 2. The first-order valence-electron chi connectivity index (χ1n) is 4.18. The Labute approximate surface area is 86.9 Å². The van der Waals surface area contributed by atoms with E-state index in [4.69, 9.17) is 4.74 Å². The van der Waals surface area contributed by atoms with Crippen molar-refractivity contribution in [2.45, 2.75) is 0 Å². The monoisotopic (exact) mass is 209 g/mol. The zero-order valence-electron chi connectivity index (χ0n) is 8.47. The van der Waals surface area contributed by atoms with Gasteiger partial charge in [-0.15, -0.1) is 0 Å². The van der Waals surface area contributed by atoms with Crippen molar-refractivity contribution >= 4 is 18.0 Å². The molecule has 1 aromatic heterocycles. The molecule has 15 heavy (non-hydrogen) atoms. The highest BCUT2D eigenvalue weighted by Crippen LogP contribution is 2.11. The van der Waals surface area contributed by atoms with E-state index < -0.39 is 5.97 Å². The van der Waals surface area contributed by atoms with Crippen LogP contribution in [0.4, 0.5) is 0 Å². The molecule has 0 aliphatic rings. The van der Waals surface area contributed by atoms with Crippen LogP contribution in [0.1, 0.15) is 10.5 Å². The average molecular weight is 209 g/mol. The zero-order valence-corrected chi connectivity index (χ0v) is 8.47. The van der Waals surface area contributed by atoms with E-state index in [0.29, 0.717) is 12.0 Å². The molecule has 0 atom stereocenters. The predicted molar refractivity (Wildman–Crippen MR) is 53.1 cm³/mol. The molecule has 0 saturated heterocycles. The van der Waals surface area contributed by atoms with Crippen LogP contribution in [0.15, 0.2) is 24.6 Å². The minimum atomic E-state index is -0.573. The standard InChI is InChI=1S/C10H11NO4/c1-14-7-9(10(13)15-2)11-5-3-4-8(11)6-12/h3-7H,1-2H3/b9-7-. The van der Waals surface area contributed by atoms with Gasteiger partial charge < -0.3 is 14.0 Å². The molecule has 80 valence electrons. The van der Waals surface area contributed by atoms with Gasteiger partial charge in [0.05, 0.1) is 19.9 Å². The summed E-state index contributed by atoms with van der Waals surface area (Å²) in [5.41, 5.74) is 0.496. The molecule has 0 aliphatic carbocycles. The van der Waals surface area contributed by atoms with Crippen LogP contribution in [0.2, 0.25) is 0 Å². The zero-order chi connectivity index (χ0) is 11.3. The molecular weight excluding hydrogens is 198 g/mol. The van der Waals surface area contributed by atoms with Gasteiger partial charge in [-0.3, -0.25) is 4.79 Å². The van der Waals surface area contributed by atoms with Crippen LogP contribution in [-0.4, -0.2) is 31.0 Å². The Hall–Kier alpha value is -2.04. The summed E-state index contributed by atoms with van der Waals surface area (Å²) < 4.78 is 10.7. The van der Waals surface area contributed by atoms with Crippen molar-refractivity contribution in [1.82, 2.24) is 4.57 Å². The predicted octanol–water partition coefficient (Wildman–Crippen LogP) is 0.918.